The Hall–Kier alpha value is -1.48. The third-order valence-corrected chi connectivity index (χ3v) is 3.63. The molecule has 22 heavy (non-hydrogen) atoms. The highest BCUT2D eigenvalue weighted by molar-refractivity contribution is 6.41. The predicted octanol–water partition coefficient (Wildman–Crippen LogP) is 5.79. The Morgan fingerprint density at radius 3 is 2.18 bits per heavy atom. The second kappa shape index (κ2) is 6.33. The Morgan fingerprint density at radius 2 is 1.68 bits per heavy atom. The highest BCUT2D eigenvalue weighted by Gasteiger charge is 2.32. The van der Waals surface area contributed by atoms with E-state index in [4.69, 9.17) is 40.1 Å². The SMILES string of the molecule is N#CCc1ncc(C(F)(F)F)cc1-c1c(Cl)cc(Cl)cc1Cl. The van der Waals surface area contributed by atoms with Gasteiger partial charge in [0.1, 0.15) is 0 Å². The Balaban J connectivity index is 2.75. The molecule has 0 radical (unpaired) electrons. The Bertz CT molecular complexity index is 744. The van der Waals surface area contributed by atoms with Crippen LogP contribution in [-0.4, -0.2) is 4.98 Å². The number of pyridine rings is 1. The van der Waals surface area contributed by atoms with Crippen molar-refractivity contribution < 1.29 is 13.2 Å². The van der Waals surface area contributed by atoms with Crippen LogP contribution in [0.15, 0.2) is 24.4 Å². The first-order valence-corrected chi connectivity index (χ1v) is 6.95. The molecule has 0 bridgehead atoms. The fraction of sp³-hybridized carbons (Fsp3) is 0.143. The third-order valence-electron chi connectivity index (χ3n) is 2.82. The Morgan fingerprint density at radius 1 is 1.09 bits per heavy atom. The lowest BCUT2D eigenvalue weighted by Gasteiger charge is -2.14. The smallest absolute Gasteiger partial charge is 0.259 e. The summed E-state index contributed by atoms with van der Waals surface area (Å²) in [6.45, 7) is 0. The van der Waals surface area contributed by atoms with Gasteiger partial charge in [0.15, 0.2) is 0 Å². The molecule has 2 aromatic rings. The van der Waals surface area contributed by atoms with Crippen LogP contribution < -0.4 is 0 Å². The zero-order valence-corrected chi connectivity index (χ0v) is 12.9. The summed E-state index contributed by atoms with van der Waals surface area (Å²) < 4.78 is 38.6. The van der Waals surface area contributed by atoms with Crippen LogP contribution in [0.25, 0.3) is 11.1 Å². The standard InChI is InChI=1S/C14H6Cl3F3N2/c15-8-4-10(16)13(11(17)5-8)9-3-7(14(18,19)20)6-22-12(9)1-2-21/h3-6H,1H2. The number of hydrogen-bond acceptors (Lipinski definition) is 2. The molecular weight excluding hydrogens is 360 g/mol. The Kier molecular flexibility index (Phi) is 4.86. The monoisotopic (exact) mass is 364 g/mol. The maximum Gasteiger partial charge on any atom is 0.417 e. The molecule has 0 atom stereocenters. The minimum Gasteiger partial charge on any atom is -0.259 e. The number of nitriles is 1. The number of halogens is 6. The number of alkyl halides is 3. The van der Waals surface area contributed by atoms with Crippen molar-refractivity contribution >= 4 is 34.8 Å². The van der Waals surface area contributed by atoms with E-state index in [0.29, 0.717) is 6.20 Å². The van der Waals surface area contributed by atoms with E-state index < -0.39 is 11.7 Å². The Labute approximate surface area is 139 Å². The zero-order valence-electron chi connectivity index (χ0n) is 10.7. The van der Waals surface area contributed by atoms with E-state index in [9.17, 15) is 13.2 Å². The summed E-state index contributed by atoms with van der Waals surface area (Å²) in [6.07, 6.45) is -4.07. The van der Waals surface area contributed by atoms with Gasteiger partial charge in [-0.05, 0) is 18.2 Å². The molecule has 1 aromatic carbocycles. The van der Waals surface area contributed by atoms with Gasteiger partial charge in [-0.2, -0.15) is 18.4 Å². The second-order valence-electron chi connectivity index (χ2n) is 4.30. The molecule has 114 valence electrons. The van der Waals surface area contributed by atoms with E-state index in [1.165, 1.54) is 12.1 Å². The van der Waals surface area contributed by atoms with Gasteiger partial charge in [-0.15, -0.1) is 0 Å². The number of hydrogen-bond donors (Lipinski definition) is 0. The molecule has 0 amide bonds. The maximum absolute atomic E-state index is 12.9. The van der Waals surface area contributed by atoms with E-state index in [1.807, 2.05) is 6.07 Å². The van der Waals surface area contributed by atoms with Crippen LogP contribution in [0.5, 0.6) is 0 Å². The van der Waals surface area contributed by atoms with Crippen molar-refractivity contribution in [1.82, 2.24) is 4.98 Å². The van der Waals surface area contributed by atoms with Crippen LogP contribution in [-0.2, 0) is 12.6 Å². The van der Waals surface area contributed by atoms with Crippen molar-refractivity contribution in [2.45, 2.75) is 12.6 Å². The van der Waals surface area contributed by atoms with E-state index in [2.05, 4.69) is 4.98 Å². The van der Waals surface area contributed by atoms with Crippen LogP contribution in [0.1, 0.15) is 11.3 Å². The lowest BCUT2D eigenvalue weighted by Crippen LogP contribution is -2.07. The summed E-state index contributed by atoms with van der Waals surface area (Å²) >= 11 is 17.9. The quantitative estimate of drug-likeness (QED) is 0.675. The zero-order chi connectivity index (χ0) is 16.5. The molecule has 0 fully saturated rings. The molecule has 1 aromatic heterocycles. The minimum absolute atomic E-state index is 0.0584. The minimum atomic E-state index is -4.57. The molecule has 0 aliphatic rings. The molecule has 8 heteroatoms. The van der Waals surface area contributed by atoms with Gasteiger partial charge in [0.25, 0.3) is 0 Å². The van der Waals surface area contributed by atoms with E-state index in [0.717, 1.165) is 6.07 Å². The molecule has 0 aliphatic carbocycles. The van der Waals surface area contributed by atoms with Crippen LogP contribution in [0.2, 0.25) is 15.1 Å². The second-order valence-corrected chi connectivity index (χ2v) is 5.55. The molecule has 0 aliphatic heterocycles. The average molecular weight is 366 g/mol. The van der Waals surface area contributed by atoms with Gasteiger partial charge in [-0.3, -0.25) is 4.98 Å². The first-order chi connectivity index (χ1) is 10.2. The molecule has 0 saturated heterocycles. The fourth-order valence-electron chi connectivity index (χ4n) is 1.88. The molecule has 1 heterocycles. The summed E-state index contributed by atoms with van der Waals surface area (Å²) in [7, 11) is 0. The van der Waals surface area contributed by atoms with Crippen LogP contribution in [0, 0.1) is 11.3 Å². The fourth-order valence-corrected chi connectivity index (χ4v) is 2.90. The molecule has 0 N–H and O–H groups in total. The molecule has 0 spiro atoms. The summed E-state index contributed by atoms with van der Waals surface area (Å²) in [5.74, 6) is 0. The van der Waals surface area contributed by atoms with E-state index in [1.54, 1.807) is 0 Å². The van der Waals surface area contributed by atoms with Gasteiger partial charge < -0.3 is 0 Å². The van der Waals surface area contributed by atoms with Gasteiger partial charge in [0.05, 0.1) is 33.8 Å². The van der Waals surface area contributed by atoms with Gasteiger partial charge in [-0.1, -0.05) is 34.8 Å². The summed E-state index contributed by atoms with van der Waals surface area (Å²) in [6, 6.07) is 5.45. The first kappa shape index (κ1) is 16.9. The summed E-state index contributed by atoms with van der Waals surface area (Å²) in [4.78, 5) is 3.72. The van der Waals surface area contributed by atoms with Crippen molar-refractivity contribution in [3.63, 3.8) is 0 Å². The number of rotatable bonds is 2. The molecule has 0 saturated carbocycles. The normalized spacial score (nSPS) is 11.3. The largest absolute Gasteiger partial charge is 0.417 e. The number of aromatic nitrogens is 1. The molecule has 2 rings (SSSR count). The lowest BCUT2D eigenvalue weighted by atomic mass is 10.0. The highest BCUT2D eigenvalue weighted by Crippen LogP contribution is 2.40. The summed E-state index contributed by atoms with van der Waals surface area (Å²) in [5, 5.41) is 9.22. The van der Waals surface area contributed by atoms with Crippen molar-refractivity contribution in [3.8, 4) is 17.2 Å². The van der Waals surface area contributed by atoms with E-state index >= 15 is 0 Å². The lowest BCUT2D eigenvalue weighted by molar-refractivity contribution is -0.137. The van der Waals surface area contributed by atoms with Gasteiger partial charge >= 0.3 is 6.18 Å². The van der Waals surface area contributed by atoms with Crippen molar-refractivity contribution in [2.24, 2.45) is 0 Å². The van der Waals surface area contributed by atoms with Crippen LogP contribution in [0.4, 0.5) is 13.2 Å². The van der Waals surface area contributed by atoms with Gasteiger partial charge in [-0.25, -0.2) is 0 Å². The van der Waals surface area contributed by atoms with Crippen LogP contribution >= 0.6 is 34.8 Å². The number of nitrogens with zero attached hydrogens (tertiary/aromatic N) is 2. The van der Waals surface area contributed by atoms with Crippen molar-refractivity contribution in [1.29, 1.82) is 5.26 Å². The topological polar surface area (TPSA) is 36.7 Å². The van der Waals surface area contributed by atoms with Crippen LogP contribution in [0.3, 0.4) is 0 Å². The van der Waals surface area contributed by atoms with E-state index in [-0.39, 0.29) is 38.3 Å². The molecule has 0 unspecified atom stereocenters. The van der Waals surface area contributed by atoms with Crippen molar-refractivity contribution in [2.75, 3.05) is 0 Å². The molecular formula is C14H6Cl3F3N2. The maximum atomic E-state index is 12.9. The first-order valence-electron chi connectivity index (χ1n) is 5.82. The van der Waals surface area contributed by atoms with Crippen molar-refractivity contribution in [3.05, 3.63) is 50.7 Å². The average Bonchev–Trinajstić information content (AvgIpc) is 2.38. The number of benzene rings is 1. The molecule has 2 nitrogen and oxygen atoms in total. The third kappa shape index (κ3) is 3.46. The highest BCUT2D eigenvalue weighted by atomic mass is 35.5. The van der Waals surface area contributed by atoms with Gasteiger partial charge in [0.2, 0.25) is 0 Å². The summed E-state index contributed by atoms with van der Waals surface area (Å²) in [5.41, 5.74) is -0.576. The predicted molar refractivity (Wildman–Crippen MR) is 79.0 cm³/mol. The van der Waals surface area contributed by atoms with Gasteiger partial charge in [0, 0.05) is 22.3 Å².